The molecule has 4 rings (SSSR count). The van der Waals surface area contributed by atoms with Crippen LogP contribution in [0.3, 0.4) is 0 Å². The van der Waals surface area contributed by atoms with Gasteiger partial charge in [-0.1, -0.05) is 25.3 Å². The lowest BCUT2D eigenvalue weighted by Gasteiger charge is -2.15. The number of hydrogen-bond donors (Lipinski definition) is 2. The third kappa shape index (κ3) is 7.04. The first-order valence-electron chi connectivity index (χ1n) is 10.9. The normalized spacial score (nSPS) is 13.7. The van der Waals surface area contributed by atoms with Crippen molar-refractivity contribution in [1.29, 1.82) is 0 Å². The smallest absolute Gasteiger partial charge is 0.270 e. The van der Waals surface area contributed by atoms with Crippen LogP contribution in [-0.4, -0.2) is 43.8 Å². The number of nitrogens with zero attached hydrogens (tertiary/aromatic N) is 5. The van der Waals surface area contributed by atoms with Gasteiger partial charge in [-0.3, -0.25) is 9.48 Å². The molecule has 2 heterocycles. The molecule has 0 unspecified atom stereocenters. The summed E-state index contributed by atoms with van der Waals surface area (Å²) in [6, 6.07) is 6.47. The lowest BCUT2D eigenvalue weighted by Crippen LogP contribution is -2.24. The van der Waals surface area contributed by atoms with Gasteiger partial charge < -0.3 is 15.8 Å². The molecular weight excluding hydrogens is 425 g/mol. The summed E-state index contributed by atoms with van der Waals surface area (Å²) in [5.41, 5.74) is 7.00. The molecule has 0 saturated heterocycles. The molecule has 1 aliphatic rings. The van der Waals surface area contributed by atoms with Crippen molar-refractivity contribution in [2.45, 2.75) is 51.6 Å². The molecule has 0 bridgehead atoms. The van der Waals surface area contributed by atoms with Gasteiger partial charge in [0.05, 0.1) is 7.11 Å². The maximum absolute atomic E-state index is 13.4. The number of hydrogen-bond acceptors (Lipinski definition) is 7. The number of carbonyl (C=O) groups excluding carboxylic acids is 1. The molecule has 0 atom stereocenters. The van der Waals surface area contributed by atoms with Crippen LogP contribution in [0.2, 0.25) is 0 Å². The van der Waals surface area contributed by atoms with Crippen LogP contribution >= 0.6 is 0 Å². The van der Waals surface area contributed by atoms with Gasteiger partial charge in [0, 0.05) is 19.6 Å². The standard InChI is InChI=1S/C17H17FN6O2.C6H13N/c1-10-21-13(16-20-9-24(2)23-16)7-14(22-10)17(25)19-8-11-4-5-12(18)15(6-11)26-3;7-6-4-2-1-3-5-6/h4-7,9H,8H2,1-3H3,(H,19,25);6H,1-5,7H2. The van der Waals surface area contributed by atoms with Gasteiger partial charge in [-0.2, -0.15) is 0 Å². The first-order chi connectivity index (χ1) is 15.9. The second-order valence-electron chi connectivity index (χ2n) is 7.98. The highest BCUT2D eigenvalue weighted by molar-refractivity contribution is 5.93. The van der Waals surface area contributed by atoms with E-state index in [-0.39, 0.29) is 23.9 Å². The maximum Gasteiger partial charge on any atom is 0.270 e. The molecule has 33 heavy (non-hydrogen) atoms. The van der Waals surface area contributed by atoms with Gasteiger partial charge in [-0.05, 0) is 43.5 Å². The summed E-state index contributed by atoms with van der Waals surface area (Å²) in [5, 5.41) is 6.92. The van der Waals surface area contributed by atoms with Crippen molar-refractivity contribution in [3.63, 3.8) is 0 Å². The molecule has 1 aliphatic carbocycles. The van der Waals surface area contributed by atoms with E-state index < -0.39 is 5.82 Å². The molecule has 1 aromatic carbocycles. The first-order valence-corrected chi connectivity index (χ1v) is 10.9. The van der Waals surface area contributed by atoms with Crippen molar-refractivity contribution in [3.8, 4) is 17.3 Å². The lowest BCUT2D eigenvalue weighted by atomic mass is 9.97. The minimum atomic E-state index is -0.457. The van der Waals surface area contributed by atoms with Crippen LogP contribution in [0, 0.1) is 12.7 Å². The van der Waals surface area contributed by atoms with Crippen LogP contribution < -0.4 is 15.8 Å². The van der Waals surface area contributed by atoms with Crippen molar-refractivity contribution >= 4 is 5.91 Å². The van der Waals surface area contributed by atoms with E-state index in [0.717, 1.165) is 0 Å². The Morgan fingerprint density at radius 1 is 1.24 bits per heavy atom. The Morgan fingerprint density at radius 3 is 2.61 bits per heavy atom. The second-order valence-corrected chi connectivity index (χ2v) is 7.98. The first kappa shape index (κ1) is 24.2. The van der Waals surface area contributed by atoms with Gasteiger partial charge in [-0.25, -0.2) is 19.3 Å². The zero-order chi connectivity index (χ0) is 23.8. The zero-order valence-corrected chi connectivity index (χ0v) is 19.2. The fourth-order valence-corrected chi connectivity index (χ4v) is 3.48. The quantitative estimate of drug-likeness (QED) is 0.607. The van der Waals surface area contributed by atoms with Crippen molar-refractivity contribution in [3.05, 3.63) is 53.5 Å². The van der Waals surface area contributed by atoms with Crippen LogP contribution in [0.4, 0.5) is 4.39 Å². The molecule has 0 spiro atoms. The van der Waals surface area contributed by atoms with Gasteiger partial charge in [-0.15, -0.1) is 5.10 Å². The van der Waals surface area contributed by atoms with E-state index in [2.05, 4.69) is 25.4 Å². The molecule has 1 amide bonds. The minimum absolute atomic E-state index is 0.123. The number of benzene rings is 1. The number of methoxy groups -OCH3 is 1. The fraction of sp³-hybridized carbons (Fsp3) is 0.435. The highest BCUT2D eigenvalue weighted by Gasteiger charge is 2.14. The molecule has 3 N–H and O–H groups in total. The molecule has 1 saturated carbocycles. The highest BCUT2D eigenvalue weighted by atomic mass is 19.1. The van der Waals surface area contributed by atoms with E-state index in [0.29, 0.717) is 28.9 Å². The Balaban J connectivity index is 0.000000374. The number of aryl methyl sites for hydroxylation is 2. The number of ether oxygens (including phenoxy) is 1. The topological polar surface area (TPSA) is 121 Å². The number of carbonyl (C=O) groups is 1. The van der Waals surface area contributed by atoms with Crippen LogP contribution in [-0.2, 0) is 13.6 Å². The highest BCUT2D eigenvalue weighted by Crippen LogP contribution is 2.18. The molecule has 3 aromatic rings. The number of halogens is 1. The van der Waals surface area contributed by atoms with Crippen LogP contribution in [0.15, 0.2) is 30.6 Å². The summed E-state index contributed by atoms with van der Waals surface area (Å²) in [5.74, 6) is 0.134. The monoisotopic (exact) mass is 455 g/mol. The third-order valence-corrected chi connectivity index (χ3v) is 5.22. The fourth-order valence-electron chi connectivity index (χ4n) is 3.48. The largest absolute Gasteiger partial charge is 0.494 e. The van der Waals surface area contributed by atoms with Crippen LogP contribution in [0.5, 0.6) is 5.75 Å². The summed E-state index contributed by atoms with van der Waals surface area (Å²) in [6.07, 6.45) is 8.21. The number of amides is 1. The molecule has 0 aliphatic heterocycles. The second kappa shape index (κ2) is 11.5. The molecule has 9 nitrogen and oxygen atoms in total. The Hall–Kier alpha value is -3.40. The predicted molar refractivity (Wildman–Crippen MR) is 122 cm³/mol. The van der Waals surface area contributed by atoms with Crippen LogP contribution in [0.25, 0.3) is 11.5 Å². The third-order valence-electron chi connectivity index (χ3n) is 5.22. The number of nitrogens with two attached hydrogens (primary N) is 1. The molecule has 2 aromatic heterocycles. The number of rotatable bonds is 5. The average molecular weight is 456 g/mol. The van der Waals surface area contributed by atoms with E-state index in [1.54, 1.807) is 31.0 Å². The Morgan fingerprint density at radius 2 is 2.00 bits per heavy atom. The molecule has 176 valence electrons. The maximum atomic E-state index is 13.4. The minimum Gasteiger partial charge on any atom is -0.494 e. The van der Waals surface area contributed by atoms with Gasteiger partial charge in [0.2, 0.25) is 0 Å². The Bertz CT molecular complexity index is 1080. The van der Waals surface area contributed by atoms with Crippen molar-refractivity contribution in [1.82, 2.24) is 30.0 Å². The van der Waals surface area contributed by atoms with E-state index in [4.69, 9.17) is 10.5 Å². The molecular formula is C23H30FN7O2. The van der Waals surface area contributed by atoms with Gasteiger partial charge in [0.1, 0.15) is 23.5 Å². The van der Waals surface area contributed by atoms with E-state index in [1.807, 2.05) is 0 Å². The summed E-state index contributed by atoms with van der Waals surface area (Å²) in [7, 11) is 3.13. The lowest BCUT2D eigenvalue weighted by molar-refractivity contribution is 0.0945. The van der Waals surface area contributed by atoms with Crippen molar-refractivity contribution in [2.75, 3.05) is 7.11 Å². The van der Waals surface area contributed by atoms with Crippen molar-refractivity contribution in [2.24, 2.45) is 12.8 Å². The summed E-state index contributed by atoms with van der Waals surface area (Å²) >= 11 is 0. The van der Waals surface area contributed by atoms with Crippen molar-refractivity contribution < 1.29 is 13.9 Å². The van der Waals surface area contributed by atoms with Crippen LogP contribution in [0.1, 0.15) is 54.0 Å². The van der Waals surface area contributed by atoms with Gasteiger partial charge in [0.25, 0.3) is 5.91 Å². The zero-order valence-electron chi connectivity index (χ0n) is 19.2. The van der Waals surface area contributed by atoms with Gasteiger partial charge in [0.15, 0.2) is 17.4 Å². The van der Waals surface area contributed by atoms with E-state index in [9.17, 15) is 9.18 Å². The van der Waals surface area contributed by atoms with E-state index >= 15 is 0 Å². The summed E-state index contributed by atoms with van der Waals surface area (Å²) < 4.78 is 19.9. The Kier molecular flexibility index (Phi) is 8.42. The van der Waals surface area contributed by atoms with E-state index in [1.165, 1.54) is 57.4 Å². The Labute approximate surface area is 192 Å². The summed E-state index contributed by atoms with van der Waals surface area (Å²) in [6.45, 7) is 1.89. The molecule has 1 fully saturated rings. The van der Waals surface area contributed by atoms with Gasteiger partial charge >= 0.3 is 0 Å². The predicted octanol–water partition coefficient (Wildman–Crippen LogP) is 2.94. The average Bonchev–Trinajstić information content (AvgIpc) is 3.25. The SMILES string of the molecule is COc1cc(CNC(=O)c2cc(-c3ncn(C)n3)nc(C)n2)ccc1F.NC1CCCCC1. The summed E-state index contributed by atoms with van der Waals surface area (Å²) in [4.78, 5) is 25.0. The number of nitrogens with one attached hydrogen (secondary N) is 1. The molecule has 10 heteroatoms. The number of aromatic nitrogens is 5. The molecule has 0 radical (unpaired) electrons.